The highest BCUT2D eigenvalue weighted by Gasteiger charge is 2.10. The Morgan fingerprint density at radius 3 is 2.57 bits per heavy atom. The van der Waals surface area contributed by atoms with Gasteiger partial charge in [-0.1, -0.05) is 0 Å². The smallest absolute Gasteiger partial charge is 0.314 e. The fraction of sp³-hybridized carbons (Fsp3) is 0.222. The molecule has 1 radical (unpaired) electrons. The van der Waals surface area contributed by atoms with Gasteiger partial charge in [0.1, 0.15) is 22.9 Å². The number of anilines is 1. The monoisotopic (exact) mass is 196 g/mol. The highest BCUT2D eigenvalue weighted by molar-refractivity contribution is 5.81. The van der Waals surface area contributed by atoms with Crippen molar-refractivity contribution in [2.45, 2.75) is 0 Å². The summed E-state index contributed by atoms with van der Waals surface area (Å²) in [4.78, 5) is 10.1. The van der Waals surface area contributed by atoms with Gasteiger partial charge >= 0.3 is 6.41 Å². The van der Waals surface area contributed by atoms with E-state index >= 15 is 0 Å². The molecule has 0 aliphatic rings. The number of nitrogens with one attached hydrogen (secondary N) is 1. The van der Waals surface area contributed by atoms with Crippen molar-refractivity contribution in [3.63, 3.8) is 0 Å². The van der Waals surface area contributed by atoms with Crippen LogP contribution in [0.25, 0.3) is 0 Å². The van der Waals surface area contributed by atoms with Crippen LogP contribution in [-0.4, -0.2) is 25.7 Å². The third-order valence-electron chi connectivity index (χ3n) is 1.69. The molecule has 0 aromatic heterocycles. The lowest BCUT2D eigenvalue weighted by molar-refractivity contribution is 0.387. The molecule has 0 saturated carbocycles. The number of rotatable bonds is 4. The van der Waals surface area contributed by atoms with Crippen molar-refractivity contribution in [1.29, 1.82) is 0 Å². The zero-order valence-electron chi connectivity index (χ0n) is 7.83. The minimum absolute atomic E-state index is 0.135. The fourth-order valence-electron chi connectivity index (χ4n) is 1.03. The Hall–Kier alpha value is -1.91. The van der Waals surface area contributed by atoms with E-state index in [4.69, 9.17) is 9.47 Å². The molecule has 0 aliphatic carbocycles. The first-order chi connectivity index (χ1) is 6.72. The number of hydrogen-bond acceptors (Lipinski definition) is 4. The lowest BCUT2D eigenvalue weighted by atomic mass is 10.2. The first kappa shape index (κ1) is 10.2. The van der Waals surface area contributed by atoms with Crippen molar-refractivity contribution >= 4 is 12.1 Å². The first-order valence-corrected chi connectivity index (χ1v) is 3.81. The number of phenolic OH excluding ortho intramolecular Hbond substituents is 1. The van der Waals surface area contributed by atoms with Gasteiger partial charge in [0.05, 0.1) is 14.2 Å². The van der Waals surface area contributed by atoms with E-state index in [0.29, 0.717) is 11.5 Å². The summed E-state index contributed by atoms with van der Waals surface area (Å²) in [6.45, 7) is 0. The van der Waals surface area contributed by atoms with Crippen molar-refractivity contribution in [1.82, 2.24) is 0 Å². The molecule has 1 aromatic rings. The minimum Gasteiger partial charge on any atom is -0.505 e. The van der Waals surface area contributed by atoms with Crippen LogP contribution in [0.4, 0.5) is 5.69 Å². The predicted molar refractivity (Wildman–Crippen MR) is 50.5 cm³/mol. The molecule has 2 N–H and O–H groups in total. The minimum atomic E-state index is -0.135. The molecule has 0 aliphatic heterocycles. The summed E-state index contributed by atoms with van der Waals surface area (Å²) in [7, 11) is 2.89. The van der Waals surface area contributed by atoms with Gasteiger partial charge in [-0.05, 0) is 0 Å². The zero-order chi connectivity index (χ0) is 10.6. The lowest BCUT2D eigenvalue weighted by Gasteiger charge is -2.10. The molecule has 1 aromatic carbocycles. The molecule has 1 rings (SSSR count). The average Bonchev–Trinajstić information content (AvgIpc) is 2.20. The van der Waals surface area contributed by atoms with Crippen molar-refractivity contribution in [3.05, 3.63) is 12.1 Å². The van der Waals surface area contributed by atoms with Crippen LogP contribution in [0.15, 0.2) is 12.1 Å². The maximum atomic E-state index is 10.1. The molecular weight excluding hydrogens is 186 g/mol. The normalized spacial score (nSPS) is 9.29. The topological polar surface area (TPSA) is 67.8 Å². The summed E-state index contributed by atoms with van der Waals surface area (Å²) in [5.41, 5.74) is 0.170. The fourth-order valence-corrected chi connectivity index (χ4v) is 1.03. The quantitative estimate of drug-likeness (QED) is 0.554. The molecule has 0 atom stereocenters. The van der Waals surface area contributed by atoms with Crippen molar-refractivity contribution < 1.29 is 19.4 Å². The Balaban J connectivity index is 3.19. The number of carbonyl (C=O) groups excluding carboxylic acids is 1. The van der Waals surface area contributed by atoms with Crippen molar-refractivity contribution in [3.8, 4) is 17.2 Å². The highest BCUT2D eigenvalue weighted by Crippen LogP contribution is 2.37. The Kier molecular flexibility index (Phi) is 3.17. The van der Waals surface area contributed by atoms with E-state index in [2.05, 4.69) is 5.32 Å². The maximum absolute atomic E-state index is 10.1. The van der Waals surface area contributed by atoms with Crippen LogP contribution in [0, 0.1) is 0 Å². The molecule has 75 valence electrons. The Morgan fingerprint density at radius 2 is 2.07 bits per heavy atom. The number of amides is 1. The van der Waals surface area contributed by atoms with Gasteiger partial charge < -0.3 is 19.9 Å². The second-order valence-electron chi connectivity index (χ2n) is 2.45. The van der Waals surface area contributed by atoms with Gasteiger partial charge in [0.15, 0.2) is 0 Å². The van der Waals surface area contributed by atoms with Crippen molar-refractivity contribution in [2.75, 3.05) is 19.5 Å². The SMILES string of the molecule is COc1cc(O)c(N[C]=O)c(OC)c1. The highest BCUT2D eigenvalue weighted by atomic mass is 16.5. The molecule has 0 fully saturated rings. The maximum Gasteiger partial charge on any atom is 0.314 e. The third kappa shape index (κ3) is 1.87. The van der Waals surface area contributed by atoms with E-state index in [0.717, 1.165) is 0 Å². The Labute approximate surface area is 81.3 Å². The molecular formula is C9H10NO4. The molecule has 14 heavy (non-hydrogen) atoms. The summed E-state index contributed by atoms with van der Waals surface area (Å²) in [6, 6.07) is 2.90. The van der Waals surface area contributed by atoms with E-state index in [1.807, 2.05) is 0 Å². The third-order valence-corrected chi connectivity index (χ3v) is 1.69. The second-order valence-corrected chi connectivity index (χ2v) is 2.45. The second kappa shape index (κ2) is 4.36. The summed E-state index contributed by atoms with van der Waals surface area (Å²) in [5, 5.41) is 11.7. The lowest BCUT2D eigenvalue weighted by Crippen LogP contribution is -1.98. The summed E-state index contributed by atoms with van der Waals surface area (Å²) < 4.78 is 9.84. The van der Waals surface area contributed by atoms with Crippen LogP contribution in [-0.2, 0) is 4.79 Å². The van der Waals surface area contributed by atoms with Crippen LogP contribution in [0.3, 0.4) is 0 Å². The number of hydrogen-bond donors (Lipinski definition) is 2. The van der Waals surface area contributed by atoms with Gasteiger partial charge in [-0.2, -0.15) is 0 Å². The number of phenols is 1. The van der Waals surface area contributed by atoms with Crippen LogP contribution in [0.1, 0.15) is 0 Å². The molecule has 5 heteroatoms. The number of ether oxygens (including phenoxy) is 2. The average molecular weight is 196 g/mol. The number of aromatic hydroxyl groups is 1. The molecule has 0 heterocycles. The molecule has 0 saturated heterocycles. The van der Waals surface area contributed by atoms with Crippen molar-refractivity contribution in [2.24, 2.45) is 0 Å². The zero-order valence-corrected chi connectivity index (χ0v) is 7.83. The van der Waals surface area contributed by atoms with Gasteiger partial charge in [-0.25, -0.2) is 0 Å². The molecule has 1 amide bonds. The molecule has 0 bridgehead atoms. The number of benzene rings is 1. The summed E-state index contributed by atoms with van der Waals surface area (Å²) in [6.07, 6.45) is 1.46. The van der Waals surface area contributed by atoms with Gasteiger partial charge in [-0.3, -0.25) is 4.79 Å². The first-order valence-electron chi connectivity index (χ1n) is 3.81. The van der Waals surface area contributed by atoms with E-state index in [9.17, 15) is 9.90 Å². The Bertz CT molecular complexity index is 338. The molecule has 5 nitrogen and oxygen atoms in total. The van der Waals surface area contributed by atoms with E-state index in [1.54, 1.807) is 6.07 Å². The van der Waals surface area contributed by atoms with E-state index < -0.39 is 0 Å². The van der Waals surface area contributed by atoms with Crippen LogP contribution in [0.2, 0.25) is 0 Å². The van der Waals surface area contributed by atoms with E-state index in [1.165, 1.54) is 26.7 Å². The van der Waals surface area contributed by atoms with Crippen LogP contribution < -0.4 is 14.8 Å². The largest absolute Gasteiger partial charge is 0.505 e. The van der Waals surface area contributed by atoms with Crippen LogP contribution in [0.5, 0.6) is 17.2 Å². The Morgan fingerprint density at radius 1 is 1.36 bits per heavy atom. The summed E-state index contributed by atoms with van der Waals surface area (Å²) in [5.74, 6) is 0.616. The number of methoxy groups -OCH3 is 2. The van der Waals surface area contributed by atoms with Gasteiger partial charge in [0.25, 0.3) is 0 Å². The van der Waals surface area contributed by atoms with E-state index in [-0.39, 0.29) is 11.4 Å². The summed E-state index contributed by atoms with van der Waals surface area (Å²) >= 11 is 0. The molecule has 0 spiro atoms. The predicted octanol–water partition coefficient (Wildman–Crippen LogP) is 0.888. The standard InChI is InChI=1S/C9H10NO4/c1-13-6-3-7(12)9(10-5-11)8(4-6)14-2/h3-4,12H,1-2H3,(H,10,11). The van der Waals surface area contributed by atoms with Gasteiger partial charge in [0, 0.05) is 12.1 Å². The van der Waals surface area contributed by atoms with Gasteiger partial charge in [-0.15, -0.1) is 0 Å². The van der Waals surface area contributed by atoms with Gasteiger partial charge in [0.2, 0.25) is 0 Å². The molecule has 0 unspecified atom stereocenters. The van der Waals surface area contributed by atoms with Crippen LogP contribution >= 0.6 is 0 Å².